The summed E-state index contributed by atoms with van der Waals surface area (Å²) in [5.41, 5.74) is 2.17. The topological polar surface area (TPSA) is 52.6 Å². The maximum atomic E-state index is 11.8. The van der Waals surface area contributed by atoms with Gasteiger partial charge in [0.25, 0.3) is 0 Å². The van der Waals surface area contributed by atoms with Crippen molar-refractivity contribution in [2.45, 2.75) is 52.5 Å². The molecule has 1 unspecified atom stereocenters. The van der Waals surface area contributed by atoms with Crippen molar-refractivity contribution in [2.24, 2.45) is 5.41 Å². The van der Waals surface area contributed by atoms with E-state index in [2.05, 4.69) is 38.2 Å². The van der Waals surface area contributed by atoms with Crippen LogP contribution in [0.4, 0.5) is 5.69 Å². The standard InChI is InChI=1S/C19H30N2O2/c1-4-19(5-2,14-22)13-20-15(3)16-8-10-17(11-9-16)21-12-6-7-18(21)23/h8-11,15,20,22H,4-7,12-14H2,1-3H3. The van der Waals surface area contributed by atoms with Crippen LogP contribution in [0.15, 0.2) is 24.3 Å². The van der Waals surface area contributed by atoms with Gasteiger partial charge in [-0.25, -0.2) is 0 Å². The summed E-state index contributed by atoms with van der Waals surface area (Å²) in [5, 5.41) is 13.2. The molecule has 2 N–H and O–H groups in total. The van der Waals surface area contributed by atoms with Crippen LogP contribution in [0.5, 0.6) is 0 Å². The van der Waals surface area contributed by atoms with Crippen LogP contribution in [-0.2, 0) is 4.79 Å². The molecule has 1 aliphatic heterocycles. The molecule has 1 aromatic carbocycles. The van der Waals surface area contributed by atoms with Gasteiger partial charge in [0, 0.05) is 43.3 Å². The number of benzene rings is 1. The molecular formula is C19H30N2O2. The SMILES string of the molecule is CCC(CC)(CO)CNC(C)c1ccc(N2CCCC2=O)cc1. The van der Waals surface area contributed by atoms with E-state index in [-0.39, 0.29) is 24.0 Å². The van der Waals surface area contributed by atoms with Crippen molar-refractivity contribution in [3.05, 3.63) is 29.8 Å². The highest BCUT2D eigenvalue weighted by atomic mass is 16.3. The fourth-order valence-electron chi connectivity index (χ4n) is 3.13. The molecule has 0 aromatic heterocycles. The zero-order valence-corrected chi connectivity index (χ0v) is 14.6. The Labute approximate surface area is 139 Å². The molecule has 1 saturated heterocycles. The van der Waals surface area contributed by atoms with Gasteiger partial charge in [-0.1, -0.05) is 26.0 Å². The first-order valence-corrected chi connectivity index (χ1v) is 8.80. The lowest BCUT2D eigenvalue weighted by Gasteiger charge is -2.31. The van der Waals surface area contributed by atoms with E-state index < -0.39 is 0 Å². The number of hydrogen-bond donors (Lipinski definition) is 2. The van der Waals surface area contributed by atoms with Gasteiger partial charge in [-0.2, -0.15) is 0 Å². The zero-order chi connectivity index (χ0) is 16.9. The van der Waals surface area contributed by atoms with Crippen molar-refractivity contribution in [1.82, 2.24) is 5.32 Å². The Morgan fingerprint density at radius 1 is 1.26 bits per heavy atom. The largest absolute Gasteiger partial charge is 0.396 e. The highest BCUT2D eigenvalue weighted by Crippen LogP contribution is 2.27. The van der Waals surface area contributed by atoms with E-state index in [0.29, 0.717) is 6.42 Å². The maximum Gasteiger partial charge on any atom is 0.227 e. The lowest BCUT2D eigenvalue weighted by atomic mass is 9.83. The van der Waals surface area contributed by atoms with Crippen molar-refractivity contribution < 1.29 is 9.90 Å². The highest BCUT2D eigenvalue weighted by Gasteiger charge is 2.26. The van der Waals surface area contributed by atoms with Gasteiger partial charge in [-0.15, -0.1) is 0 Å². The Morgan fingerprint density at radius 3 is 2.39 bits per heavy atom. The highest BCUT2D eigenvalue weighted by molar-refractivity contribution is 5.95. The molecule has 1 fully saturated rings. The molecule has 1 aromatic rings. The number of rotatable bonds is 8. The maximum absolute atomic E-state index is 11.8. The van der Waals surface area contributed by atoms with Gasteiger partial charge in [-0.3, -0.25) is 4.79 Å². The quantitative estimate of drug-likeness (QED) is 0.773. The van der Waals surface area contributed by atoms with Crippen LogP contribution >= 0.6 is 0 Å². The minimum absolute atomic E-state index is 0.0316. The van der Waals surface area contributed by atoms with Crippen LogP contribution < -0.4 is 10.2 Å². The summed E-state index contributed by atoms with van der Waals surface area (Å²) in [5.74, 6) is 0.225. The summed E-state index contributed by atoms with van der Waals surface area (Å²) in [7, 11) is 0. The number of carbonyl (C=O) groups is 1. The van der Waals surface area contributed by atoms with E-state index >= 15 is 0 Å². The number of aliphatic hydroxyl groups is 1. The van der Waals surface area contributed by atoms with Crippen molar-refractivity contribution in [3.8, 4) is 0 Å². The second kappa shape index (κ2) is 7.93. The van der Waals surface area contributed by atoms with Gasteiger partial charge in [-0.05, 0) is 43.9 Å². The summed E-state index contributed by atoms with van der Waals surface area (Å²) in [6, 6.07) is 8.49. The first kappa shape index (κ1) is 18.0. The van der Waals surface area contributed by atoms with Crippen molar-refractivity contribution in [3.63, 3.8) is 0 Å². The molecule has 0 radical (unpaired) electrons. The molecule has 128 valence electrons. The molecule has 0 saturated carbocycles. The molecule has 0 spiro atoms. The van der Waals surface area contributed by atoms with Crippen LogP contribution in [0, 0.1) is 5.41 Å². The summed E-state index contributed by atoms with van der Waals surface area (Å²) in [6.07, 6.45) is 3.55. The third-order valence-electron chi connectivity index (χ3n) is 5.40. The fourth-order valence-corrected chi connectivity index (χ4v) is 3.13. The molecule has 1 aliphatic rings. The molecule has 4 nitrogen and oxygen atoms in total. The van der Waals surface area contributed by atoms with Gasteiger partial charge in [0.2, 0.25) is 5.91 Å². The number of anilines is 1. The van der Waals surface area contributed by atoms with Crippen molar-refractivity contribution in [1.29, 1.82) is 0 Å². The monoisotopic (exact) mass is 318 g/mol. The molecule has 4 heteroatoms. The summed E-state index contributed by atoms with van der Waals surface area (Å²) in [4.78, 5) is 13.7. The molecule has 23 heavy (non-hydrogen) atoms. The first-order chi connectivity index (χ1) is 11.0. The summed E-state index contributed by atoms with van der Waals surface area (Å²) >= 11 is 0. The van der Waals surface area contributed by atoms with E-state index in [9.17, 15) is 9.90 Å². The summed E-state index contributed by atoms with van der Waals surface area (Å²) < 4.78 is 0. The van der Waals surface area contributed by atoms with Crippen LogP contribution in [0.2, 0.25) is 0 Å². The van der Waals surface area contributed by atoms with Crippen LogP contribution in [0.25, 0.3) is 0 Å². The average Bonchev–Trinajstić information content (AvgIpc) is 3.02. The Kier molecular flexibility index (Phi) is 6.19. The predicted octanol–water partition coefficient (Wildman–Crippen LogP) is 3.26. The molecule has 2 rings (SSSR count). The third-order valence-corrected chi connectivity index (χ3v) is 5.40. The number of nitrogens with one attached hydrogen (secondary N) is 1. The Bertz CT molecular complexity index is 500. The molecule has 1 amide bonds. The van der Waals surface area contributed by atoms with Crippen molar-refractivity contribution >= 4 is 11.6 Å². The normalized spacial score (nSPS) is 16.9. The number of nitrogens with zero attached hydrogens (tertiary/aromatic N) is 1. The van der Waals surface area contributed by atoms with E-state index in [1.165, 1.54) is 5.56 Å². The van der Waals surface area contributed by atoms with Gasteiger partial charge < -0.3 is 15.3 Å². The van der Waals surface area contributed by atoms with E-state index in [4.69, 9.17) is 0 Å². The van der Waals surface area contributed by atoms with Gasteiger partial charge in [0.1, 0.15) is 0 Å². The molecule has 0 bridgehead atoms. The van der Waals surface area contributed by atoms with Crippen molar-refractivity contribution in [2.75, 3.05) is 24.6 Å². The number of hydrogen-bond acceptors (Lipinski definition) is 3. The second-order valence-corrected chi connectivity index (χ2v) is 6.71. The first-order valence-electron chi connectivity index (χ1n) is 8.80. The van der Waals surface area contributed by atoms with Crippen LogP contribution in [0.1, 0.15) is 58.1 Å². The van der Waals surface area contributed by atoms with Crippen LogP contribution in [-0.4, -0.2) is 30.7 Å². The van der Waals surface area contributed by atoms with E-state index in [0.717, 1.165) is 38.0 Å². The lowest BCUT2D eigenvalue weighted by Crippen LogP contribution is -2.37. The summed E-state index contributed by atoms with van der Waals surface area (Å²) in [6.45, 7) is 8.27. The van der Waals surface area contributed by atoms with E-state index in [1.807, 2.05) is 17.0 Å². The average molecular weight is 318 g/mol. The number of carbonyl (C=O) groups excluding carboxylic acids is 1. The van der Waals surface area contributed by atoms with Gasteiger partial charge in [0.05, 0.1) is 0 Å². The van der Waals surface area contributed by atoms with E-state index in [1.54, 1.807) is 0 Å². The fraction of sp³-hybridized carbons (Fsp3) is 0.632. The number of amides is 1. The Balaban J connectivity index is 1.97. The minimum Gasteiger partial charge on any atom is -0.396 e. The van der Waals surface area contributed by atoms with Gasteiger partial charge >= 0.3 is 0 Å². The molecular weight excluding hydrogens is 288 g/mol. The molecule has 0 aliphatic carbocycles. The lowest BCUT2D eigenvalue weighted by molar-refractivity contribution is -0.117. The smallest absolute Gasteiger partial charge is 0.227 e. The zero-order valence-electron chi connectivity index (χ0n) is 14.6. The molecule has 1 heterocycles. The predicted molar refractivity (Wildman–Crippen MR) is 94.5 cm³/mol. The minimum atomic E-state index is -0.0316. The third kappa shape index (κ3) is 4.12. The molecule has 1 atom stereocenters. The van der Waals surface area contributed by atoms with Gasteiger partial charge in [0.15, 0.2) is 0 Å². The second-order valence-electron chi connectivity index (χ2n) is 6.71. The Morgan fingerprint density at radius 2 is 1.91 bits per heavy atom. The number of aliphatic hydroxyl groups excluding tert-OH is 1. The van der Waals surface area contributed by atoms with Crippen LogP contribution in [0.3, 0.4) is 0 Å². The Hall–Kier alpha value is -1.39.